The van der Waals surface area contributed by atoms with Crippen LogP contribution in [0.4, 0.5) is 10.2 Å². The number of benzene rings is 2. The topological polar surface area (TPSA) is 59.9 Å². The molecule has 1 saturated heterocycles. The molecule has 4 aromatic rings. The van der Waals surface area contributed by atoms with E-state index in [0.717, 1.165) is 39.0 Å². The van der Waals surface area contributed by atoms with Gasteiger partial charge in [-0.3, -0.25) is 4.98 Å². The van der Waals surface area contributed by atoms with E-state index in [4.69, 9.17) is 9.72 Å². The number of aromatic nitrogens is 3. The second-order valence-corrected chi connectivity index (χ2v) is 7.61. The van der Waals surface area contributed by atoms with Crippen molar-refractivity contribution in [2.75, 3.05) is 25.6 Å². The summed E-state index contributed by atoms with van der Waals surface area (Å²) >= 11 is 0. The first kappa shape index (κ1) is 18.6. The second kappa shape index (κ2) is 7.15. The Kier molecular flexibility index (Phi) is 4.44. The smallest absolute Gasteiger partial charge is 0.182 e. The highest BCUT2D eigenvalue weighted by Gasteiger charge is 2.40. The number of alkyl halides is 1. The number of hydrogen-bond donors (Lipinski definition) is 1. The van der Waals surface area contributed by atoms with Crippen LogP contribution in [-0.4, -0.2) is 35.2 Å². The SMILES string of the molecule is CNc1nc(-c2cccnc2)nc2ccc(-c3ccc(C4(F)COC4)cc3C)cc12. The van der Waals surface area contributed by atoms with Gasteiger partial charge < -0.3 is 10.1 Å². The van der Waals surface area contributed by atoms with Crippen molar-refractivity contribution in [1.82, 2.24) is 15.0 Å². The fourth-order valence-corrected chi connectivity index (χ4v) is 3.82. The molecule has 0 amide bonds. The van der Waals surface area contributed by atoms with E-state index in [1.165, 1.54) is 0 Å². The number of halogens is 1. The Labute approximate surface area is 174 Å². The molecule has 3 heterocycles. The summed E-state index contributed by atoms with van der Waals surface area (Å²) in [5.74, 6) is 1.38. The number of nitrogens with zero attached hydrogens (tertiary/aromatic N) is 3. The highest BCUT2D eigenvalue weighted by molar-refractivity contribution is 5.94. The zero-order valence-corrected chi connectivity index (χ0v) is 16.8. The van der Waals surface area contributed by atoms with Gasteiger partial charge in [-0.05, 0) is 53.4 Å². The lowest BCUT2D eigenvalue weighted by Gasteiger charge is -2.34. The normalized spacial score (nSPS) is 15.0. The van der Waals surface area contributed by atoms with Crippen LogP contribution in [0.25, 0.3) is 33.4 Å². The maximum Gasteiger partial charge on any atom is 0.182 e. The summed E-state index contributed by atoms with van der Waals surface area (Å²) < 4.78 is 19.7. The quantitative estimate of drug-likeness (QED) is 0.528. The third kappa shape index (κ3) is 3.09. The van der Waals surface area contributed by atoms with Gasteiger partial charge >= 0.3 is 0 Å². The van der Waals surface area contributed by atoms with E-state index in [-0.39, 0.29) is 13.2 Å². The minimum Gasteiger partial charge on any atom is -0.374 e. The Bertz CT molecular complexity index is 1240. The summed E-state index contributed by atoms with van der Waals surface area (Å²) in [7, 11) is 1.85. The first-order valence-corrected chi connectivity index (χ1v) is 9.85. The molecule has 1 aliphatic heterocycles. The Morgan fingerprint density at radius 2 is 1.90 bits per heavy atom. The maximum absolute atomic E-state index is 14.7. The summed E-state index contributed by atoms with van der Waals surface area (Å²) in [5.41, 5.74) is 4.15. The zero-order chi connectivity index (χ0) is 20.7. The number of anilines is 1. The number of rotatable bonds is 4. The minimum absolute atomic E-state index is 0.129. The molecular formula is C24H21FN4O. The molecule has 0 saturated carbocycles. The van der Waals surface area contributed by atoms with Crippen molar-refractivity contribution in [3.8, 4) is 22.5 Å². The molecule has 2 aromatic heterocycles. The fraction of sp³-hybridized carbons (Fsp3) is 0.208. The van der Waals surface area contributed by atoms with Gasteiger partial charge in [0, 0.05) is 30.4 Å². The van der Waals surface area contributed by atoms with E-state index in [0.29, 0.717) is 11.4 Å². The van der Waals surface area contributed by atoms with Crippen LogP contribution < -0.4 is 5.32 Å². The largest absolute Gasteiger partial charge is 0.374 e. The summed E-state index contributed by atoms with van der Waals surface area (Å²) in [6, 6.07) is 15.7. The van der Waals surface area contributed by atoms with Crippen LogP contribution in [0, 0.1) is 6.92 Å². The molecule has 150 valence electrons. The van der Waals surface area contributed by atoms with Gasteiger partial charge in [-0.1, -0.05) is 24.3 Å². The number of hydrogen-bond acceptors (Lipinski definition) is 5. The molecule has 0 unspecified atom stereocenters. The molecule has 5 rings (SSSR count). The van der Waals surface area contributed by atoms with Crippen LogP contribution in [0.5, 0.6) is 0 Å². The molecule has 1 aliphatic rings. The average Bonchev–Trinajstić information content (AvgIpc) is 2.77. The van der Waals surface area contributed by atoms with Gasteiger partial charge in [-0.25, -0.2) is 14.4 Å². The molecular weight excluding hydrogens is 379 g/mol. The van der Waals surface area contributed by atoms with E-state index in [1.54, 1.807) is 12.4 Å². The summed E-state index contributed by atoms with van der Waals surface area (Å²) in [5, 5.41) is 4.11. The van der Waals surface area contributed by atoms with Gasteiger partial charge in [-0.2, -0.15) is 0 Å². The van der Waals surface area contributed by atoms with E-state index in [1.807, 2.05) is 56.4 Å². The van der Waals surface area contributed by atoms with Crippen molar-refractivity contribution < 1.29 is 9.13 Å². The predicted molar refractivity (Wildman–Crippen MR) is 116 cm³/mol. The highest BCUT2D eigenvalue weighted by atomic mass is 19.1. The van der Waals surface area contributed by atoms with Crippen molar-refractivity contribution in [3.63, 3.8) is 0 Å². The summed E-state index contributed by atoms with van der Waals surface area (Å²) in [4.78, 5) is 13.6. The average molecular weight is 400 g/mol. The number of ether oxygens (including phenoxy) is 1. The molecule has 2 aromatic carbocycles. The van der Waals surface area contributed by atoms with Crippen LogP contribution in [0.2, 0.25) is 0 Å². The van der Waals surface area contributed by atoms with E-state index in [2.05, 4.69) is 21.4 Å². The third-order valence-electron chi connectivity index (χ3n) is 5.57. The molecule has 30 heavy (non-hydrogen) atoms. The summed E-state index contributed by atoms with van der Waals surface area (Å²) in [6.07, 6.45) is 3.48. The van der Waals surface area contributed by atoms with Crippen molar-refractivity contribution in [2.45, 2.75) is 12.6 Å². The molecule has 1 N–H and O–H groups in total. The molecule has 5 nitrogen and oxygen atoms in total. The van der Waals surface area contributed by atoms with Gasteiger partial charge in [0.2, 0.25) is 0 Å². The van der Waals surface area contributed by atoms with E-state index in [9.17, 15) is 4.39 Å². The standard InChI is InChI=1S/C24H21FN4O/c1-15-10-18(24(25)13-30-14-24)6-7-19(15)16-5-8-21-20(11-16)23(26-2)29-22(28-21)17-4-3-9-27-12-17/h3-12H,13-14H2,1-2H3,(H,26,28,29). The second-order valence-electron chi connectivity index (χ2n) is 7.61. The van der Waals surface area contributed by atoms with E-state index < -0.39 is 5.67 Å². The van der Waals surface area contributed by atoms with Crippen LogP contribution in [0.3, 0.4) is 0 Å². The zero-order valence-electron chi connectivity index (χ0n) is 16.8. The molecule has 6 heteroatoms. The lowest BCUT2D eigenvalue weighted by atomic mass is 9.89. The van der Waals surface area contributed by atoms with Gasteiger partial charge in [0.25, 0.3) is 0 Å². The Morgan fingerprint density at radius 1 is 1.03 bits per heavy atom. The Balaban J connectivity index is 1.58. The molecule has 0 radical (unpaired) electrons. The van der Waals surface area contributed by atoms with E-state index >= 15 is 0 Å². The lowest BCUT2D eigenvalue weighted by molar-refractivity contribution is -0.135. The maximum atomic E-state index is 14.7. The minimum atomic E-state index is -1.36. The molecule has 0 spiro atoms. The number of aryl methyl sites for hydroxylation is 1. The van der Waals surface area contributed by atoms with Crippen LogP contribution in [0.15, 0.2) is 60.9 Å². The lowest BCUT2D eigenvalue weighted by Crippen LogP contribution is -2.42. The third-order valence-corrected chi connectivity index (χ3v) is 5.57. The van der Waals surface area contributed by atoms with Crippen molar-refractivity contribution in [3.05, 3.63) is 72.1 Å². The molecule has 0 atom stereocenters. The Hall–Kier alpha value is -3.38. The first-order valence-electron chi connectivity index (χ1n) is 9.85. The predicted octanol–water partition coefficient (Wildman–Crippen LogP) is 4.90. The molecule has 0 bridgehead atoms. The van der Waals surface area contributed by atoms with Gasteiger partial charge in [0.1, 0.15) is 5.82 Å². The number of nitrogens with one attached hydrogen (secondary N) is 1. The van der Waals surface area contributed by atoms with Crippen molar-refractivity contribution in [1.29, 1.82) is 0 Å². The van der Waals surface area contributed by atoms with Crippen LogP contribution >= 0.6 is 0 Å². The van der Waals surface area contributed by atoms with Crippen molar-refractivity contribution >= 4 is 16.7 Å². The number of pyridine rings is 1. The Morgan fingerprint density at radius 3 is 2.57 bits per heavy atom. The van der Waals surface area contributed by atoms with Crippen LogP contribution in [-0.2, 0) is 10.4 Å². The number of fused-ring (bicyclic) bond motifs is 1. The molecule has 0 aliphatic carbocycles. The van der Waals surface area contributed by atoms with Gasteiger partial charge in [0.15, 0.2) is 11.5 Å². The van der Waals surface area contributed by atoms with Crippen LogP contribution in [0.1, 0.15) is 11.1 Å². The molecule has 1 fully saturated rings. The highest BCUT2D eigenvalue weighted by Crippen LogP contribution is 2.37. The monoisotopic (exact) mass is 400 g/mol. The summed E-state index contributed by atoms with van der Waals surface area (Å²) in [6.45, 7) is 2.26. The van der Waals surface area contributed by atoms with Gasteiger partial charge in [-0.15, -0.1) is 0 Å². The fourth-order valence-electron chi connectivity index (χ4n) is 3.82. The van der Waals surface area contributed by atoms with Crippen molar-refractivity contribution in [2.24, 2.45) is 0 Å². The van der Waals surface area contributed by atoms with Gasteiger partial charge in [0.05, 0.1) is 18.7 Å². The first-order chi connectivity index (χ1) is 14.6.